The summed E-state index contributed by atoms with van der Waals surface area (Å²) in [5.74, 6) is 0.872. The molecule has 1 heterocycles. The highest BCUT2D eigenvalue weighted by Gasteiger charge is 2.27. The van der Waals surface area contributed by atoms with Gasteiger partial charge in [0.05, 0.1) is 13.2 Å². The molecule has 7 nitrogen and oxygen atoms in total. The van der Waals surface area contributed by atoms with Crippen molar-refractivity contribution in [1.29, 1.82) is 0 Å². The Bertz CT molecular complexity index is 593. The Labute approximate surface area is 149 Å². The summed E-state index contributed by atoms with van der Waals surface area (Å²) in [6.45, 7) is 7.76. The number of urea groups is 1. The van der Waals surface area contributed by atoms with Gasteiger partial charge in [-0.05, 0) is 19.9 Å². The fraction of sp³-hybridized carbons (Fsp3) is 0.556. The number of piperazine rings is 1. The second-order valence-corrected chi connectivity index (χ2v) is 6.14. The van der Waals surface area contributed by atoms with E-state index in [0.29, 0.717) is 13.2 Å². The molecule has 1 aromatic rings. The van der Waals surface area contributed by atoms with Crippen molar-refractivity contribution < 1.29 is 14.3 Å². The maximum absolute atomic E-state index is 12.3. The molecule has 1 aliphatic rings. The van der Waals surface area contributed by atoms with E-state index in [0.717, 1.165) is 30.9 Å². The molecule has 138 valence electrons. The molecule has 2 N–H and O–H groups in total. The molecule has 0 unspecified atom stereocenters. The number of para-hydroxylation sites is 1. The summed E-state index contributed by atoms with van der Waals surface area (Å²) in [6, 6.07) is 7.84. The van der Waals surface area contributed by atoms with Gasteiger partial charge in [-0.3, -0.25) is 9.69 Å². The third-order valence-corrected chi connectivity index (χ3v) is 4.33. The zero-order valence-corrected chi connectivity index (χ0v) is 15.2. The molecular weight excluding hydrogens is 320 g/mol. The van der Waals surface area contributed by atoms with Crippen LogP contribution in [0.5, 0.6) is 5.75 Å². The van der Waals surface area contributed by atoms with Gasteiger partial charge >= 0.3 is 6.03 Å². The van der Waals surface area contributed by atoms with Crippen LogP contribution in [0.1, 0.15) is 19.4 Å². The van der Waals surface area contributed by atoms with Gasteiger partial charge in [0.2, 0.25) is 5.91 Å². The van der Waals surface area contributed by atoms with Crippen molar-refractivity contribution in [2.75, 3.05) is 39.8 Å². The van der Waals surface area contributed by atoms with Crippen molar-refractivity contribution >= 4 is 11.9 Å². The first-order valence-electron chi connectivity index (χ1n) is 8.73. The van der Waals surface area contributed by atoms with Crippen LogP contribution in [0.25, 0.3) is 0 Å². The third kappa shape index (κ3) is 5.35. The maximum atomic E-state index is 12.3. The standard InChI is InChI=1S/C18H28N4O3/c1-4-25-16-8-6-5-7-15(16)13-21-9-10-22(14(2)12-21)17(23)11-20-18(24)19-3/h5-8,14H,4,9-13H2,1-3H3,(H2,19,20,24)/t14-/m1/s1. The van der Waals surface area contributed by atoms with Gasteiger partial charge in [-0.25, -0.2) is 4.79 Å². The monoisotopic (exact) mass is 348 g/mol. The number of rotatable bonds is 6. The van der Waals surface area contributed by atoms with Crippen LogP contribution in [0.4, 0.5) is 4.79 Å². The number of carbonyl (C=O) groups excluding carboxylic acids is 2. The quantitative estimate of drug-likeness (QED) is 0.806. The van der Waals surface area contributed by atoms with Crippen LogP contribution in [-0.2, 0) is 11.3 Å². The second-order valence-electron chi connectivity index (χ2n) is 6.14. The summed E-state index contributed by atoms with van der Waals surface area (Å²) >= 11 is 0. The van der Waals surface area contributed by atoms with Crippen LogP contribution in [0.15, 0.2) is 24.3 Å². The Morgan fingerprint density at radius 1 is 1.28 bits per heavy atom. The SMILES string of the molecule is CCOc1ccccc1CN1CCN(C(=O)CNC(=O)NC)[C@H](C)C1. The molecule has 0 aromatic heterocycles. The number of amides is 3. The van der Waals surface area contributed by atoms with Crippen LogP contribution < -0.4 is 15.4 Å². The van der Waals surface area contributed by atoms with Crippen molar-refractivity contribution in [2.24, 2.45) is 0 Å². The van der Waals surface area contributed by atoms with Gasteiger partial charge < -0.3 is 20.3 Å². The second kappa shape index (κ2) is 9.27. The Hall–Kier alpha value is -2.28. The Morgan fingerprint density at radius 2 is 2.04 bits per heavy atom. The lowest BCUT2D eigenvalue weighted by Crippen LogP contribution is -2.55. The predicted octanol–water partition coefficient (Wildman–Crippen LogP) is 1.05. The molecule has 0 saturated carbocycles. The largest absolute Gasteiger partial charge is 0.494 e. The van der Waals surface area contributed by atoms with E-state index in [1.807, 2.05) is 36.9 Å². The molecule has 0 bridgehead atoms. The minimum atomic E-state index is -0.341. The highest BCUT2D eigenvalue weighted by Crippen LogP contribution is 2.21. The van der Waals surface area contributed by atoms with Gasteiger partial charge in [0.25, 0.3) is 0 Å². The molecule has 0 radical (unpaired) electrons. The minimum Gasteiger partial charge on any atom is -0.494 e. The molecule has 1 saturated heterocycles. The van der Waals surface area contributed by atoms with E-state index in [1.165, 1.54) is 7.05 Å². The Balaban J connectivity index is 1.89. The number of hydrogen-bond acceptors (Lipinski definition) is 4. The number of nitrogens with zero attached hydrogens (tertiary/aromatic N) is 2. The minimum absolute atomic E-state index is 0.0250. The fourth-order valence-corrected chi connectivity index (χ4v) is 3.06. The van der Waals surface area contributed by atoms with Crippen LogP contribution in [0, 0.1) is 0 Å². The average molecular weight is 348 g/mol. The van der Waals surface area contributed by atoms with Crippen LogP contribution >= 0.6 is 0 Å². The first kappa shape index (κ1) is 19.1. The molecule has 1 aliphatic heterocycles. The molecule has 1 fully saturated rings. The highest BCUT2D eigenvalue weighted by atomic mass is 16.5. The first-order valence-corrected chi connectivity index (χ1v) is 8.73. The van der Waals surface area contributed by atoms with Crippen molar-refractivity contribution in [1.82, 2.24) is 20.4 Å². The number of nitrogens with one attached hydrogen (secondary N) is 2. The van der Waals surface area contributed by atoms with E-state index in [1.54, 1.807) is 0 Å². The van der Waals surface area contributed by atoms with Crippen LogP contribution in [-0.4, -0.2) is 67.6 Å². The topological polar surface area (TPSA) is 73.9 Å². The molecule has 2 rings (SSSR count). The number of benzene rings is 1. The number of carbonyl (C=O) groups is 2. The molecule has 7 heteroatoms. The van der Waals surface area contributed by atoms with E-state index in [-0.39, 0.29) is 24.5 Å². The van der Waals surface area contributed by atoms with Gasteiger partial charge in [-0.15, -0.1) is 0 Å². The molecule has 1 aromatic carbocycles. The van der Waals surface area contributed by atoms with E-state index < -0.39 is 0 Å². The molecule has 0 spiro atoms. The van der Waals surface area contributed by atoms with Crippen LogP contribution in [0.2, 0.25) is 0 Å². The fourth-order valence-electron chi connectivity index (χ4n) is 3.06. The summed E-state index contributed by atoms with van der Waals surface area (Å²) < 4.78 is 5.69. The Morgan fingerprint density at radius 3 is 2.72 bits per heavy atom. The van der Waals surface area contributed by atoms with Gasteiger partial charge in [0.1, 0.15) is 5.75 Å². The van der Waals surface area contributed by atoms with Gasteiger partial charge in [0.15, 0.2) is 0 Å². The van der Waals surface area contributed by atoms with Gasteiger partial charge in [-0.1, -0.05) is 18.2 Å². The molecule has 1 atom stereocenters. The molecule has 0 aliphatic carbocycles. The van der Waals surface area contributed by atoms with E-state index in [9.17, 15) is 9.59 Å². The lowest BCUT2D eigenvalue weighted by Gasteiger charge is -2.40. The summed E-state index contributed by atoms with van der Waals surface area (Å²) in [5, 5.41) is 4.99. The molecule has 3 amide bonds. The van der Waals surface area contributed by atoms with E-state index in [2.05, 4.69) is 21.6 Å². The molecular formula is C18H28N4O3. The number of ether oxygens (including phenoxy) is 1. The maximum Gasteiger partial charge on any atom is 0.314 e. The predicted molar refractivity (Wildman–Crippen MR) is 96.5 cm³/mol. The Kier molecular flexibility index (Phi) is 7.06. The summed E-state index contributed by atoms with van der Waals surface area (Å²) in [4.78, 5) is 27.7. The lowest BCUT2D eigenvalue weighted by atomic mass is 10.1. The van der Waals surface area contributed by atoms with E-state index in [4.69, 9.17) is 4.74 Å². The smallest absolute Gasteiger partial charge is 0.314 e. The molecule has 25 heavy (non-hydrogen) atoms. The summed E-state index contributed by atoms with van der Waals surface area (Å²) in [5.41, 5.74) is 1.16. The van der Waals surface area contributed by atoms with Crippen molar-refractivity contribution in [2.45, 2.75) is 26.4 Å². The van der Waals surface area contributed by atoms with Gasteiger partial charge in [0, 0.05) is 44.8 Å². The highest BCUT2D eigenvalue weighted by molar-refractivity contribution is 5.84. The lowest BCUT2D eigenvalue weighted by molar-refractivity contribution is -0.134. The summed E-state index contributed by atoms with van der Waals surface area (Å²) in [6.07, 6.45) is 0. The van der Waals surface area contributed by atoms with Crippen LogP contribution in [0.3, 0.4) is 0 Å². The van der Waals surface area contributed by atoms with Gasteiger partial charge in [-0.2, -0.15) is 0 Å². The van der Waals surface area contributed by atoms with Crippen molar-refractivity contribution in [3.8, 4) is 5.75 Å². The number of hydrogen-bond donors (Lipinski definition) is 2. The van der Waals surface area contributed by atoms with Crippen molar-refractivity contribution in [3.05, 3.63) is 29.8 Å². The zero-order valence-electron chi connectivity index (χ0n) is 15.2. The summed E-state index contributed by atoms with van der Waals surface area (Å²) in [7, 11) is 1.53. The van der Waals surface area contributed by atoms with E-state index >= 15 is 0 Å². The third-order valence-electron chi connectivity index (χ3n) is 4.33. The zero-order chi connectivity index (χ0) is 18.2. The normalized spacial score (nSPS) is 17.9. The van der Waals surface area contributed by atoms with Crippen molar-refractivity contribution in [3.63, 3.8) is 0 Å². The first-order chi connectivity index (χ1) is 12.0. The average Bonchev–Trinajstić information content (AvgIpc) is 2.61.